The smallest absolute Gasteiger partial charge is 0.259 e. The van der Waals surface area contributed by atoms with Gasteiger partial charge in [0.05, 0.1) is 30.3 Å². The van der Waals surface area contributed by atoms with E-state index in [1.807, 2.05) is 37.3 Å². The lowest BCUT2D eigenvalue weighted by Gasteiger charge is -2.09. The average Bonchev–Trinajstić information content (AvgIpc) is 3.44. The van der Waals surface area contributed by atoms with Crippen LogP contribution in [0.3, 0.4) is 0 Å². The third-order valence-corrected chi connectivity index (χ3v) is 4.43. The summed E-state index contributed by atoms with van der Waals surface area (Å²) in [5.41, 5.74) is 3.71. The van der Waals surface area contributed by atoms with E-state index in [-0.39, 0.29) is 5.91 Å². The maximum atomic E-state index is 12.9. The molecule has 1 aromatic carbocycles. The normalized spacial score (nSPS) is 10.7. The molecule has 4 aromatic rings. The highest BCUT2D eigenvalue weighted by Gasteiger charge is 2.18. The lowest BCUT2D eigenvalue weighted by molar-refractivity contribution is 0.102. The van der Waals surface area contributed by atoms with Crippen LogP contribution in [0.4, 0.5) is 5.69 Å². The van der Waals surface area contributed by atoms with E-state index in [1.165, 1.54) is 7.11 Å². The van der Waals surface area contributed by atoms with Crippen LogP contribution in [-0.2, 0) is 6.42 Å². The molecule has 1 amide bonds. The number of nitrogens with zero attached hydrogens (tertiary/aromatic N) is 5. The molecule has 4 rings (SSSR count). The number of hydrogen-bond donors (Lipinski definition) is 2. The lowest BCUT2D eigenvalue weighted by Crippen LogP contribution is -2.14. The Morgan fingerprint density at radius 2 is 2.10 bits per heavy atom. The molecule has 146 valence electrons. The summed E-state index contributed by atoms with van der Waals surface area (Å²) in [5, 5.41) is 22.2. The summed E-state index contributed by atoms with van der Waals surface area (Å²) in [6, 6.07) is 12.9. The van der Waals surface area contributed by atoms with Crippen molar-refractivity contribution >= 4 is 11.6 Å². The number of carbonyl (C=O) groups is 1. The number of aromatic amines is 1. The number of methoxy groups -OCH3 is 1. The van der Waals surface area contributed by atoms with Gasteiger partial charge in [-0.05, 0) is 30.7 Å². The molecule has 0 atom stereocenters. The van der Waals surface area contributed by atoms with Crippen molar-refractivity contribution in [1.82, 2.24) is 30.2 Å². The molecule has 2 N–H and O–H groups in total. The van der Waals surface area contributed by atoms with Crippen LogP contribution in [0.2, 0.25) is 0 Å². The number of anilines is 1. The molecule has 29 heavy (non-hydrogen) atoms. The highest BCUT2D eigenvalue weighted by molar-refractivity contribution is 6.05. The minimum absolute atomic E-state index is 0.240. The molecule has 3 aromatic heterocycles. The number of amides is 1. The Bertz CT molecular complexity index is 1120. The standard InChI is InChI=1S/C20H19N7O2/c1-3-17-15(12-22-27(17)18-7-8-19(29-2)26-25-18)20(28)23-14-6-4-5-13(11-14)16-9-10-21-24-16/h4-12H,3H2,1-2H3,(H,21,24)(H,23,28). The Balaban J connectivity index is 1.59. The van der Waals surface area contributed by atoms with E-state index < -0.39 is 0 Å². The monoisotopic (exact) mass is 389 g/mol. The SMILES string of the molecule is CCc1c(C(=O)Nc2cccc(-c3ccn[nH]3)c2)cnn1-c1ccc(OC)nn1. The zero-order valence-electron chi connectivity index (χ0n) is 16.0. The number of H-pyrrole nitrogens is 1. The van der Waals surface area contributed by atoms with E-state index in [0.29, 0.717) is 29.4 Å². The van der Waals surface area contributed by atoms with Crippen LogP contribution in [0.25, 0.3) is 17.1 Å². The molecule has 0 aliphatic carbocycles. The maximum Gasteiger partial charge on any atom is 0.259 e. The zero-order chi connectivity index (χ0) is 20.2. The molecule has 0 saturated carbocycles. The molecule has 0 spiro atoms. The molecule has 0 aliphatic heterocycles. The first-order valence-electron chi connectivity index (χ1n) is 9.05. The minimum atomic E-state index is -0.240. The third-order valence-electron chi connectivity index (χ3n) is 4.43. The first kappa shape index (κ1) is 18.4. The van der Waals surface area contributed by atoms with Gasteiger partial charge in [-0.25, -0.2) is 4.68 Å². The van der Waals surface area contributed by atoms with Gasteiger partial charge in [-0.3, -0.25) is 9.89 Å². The molecule has 9 heteroatoms. The van der Waals surface area contributed by atoms with Gasteiger partial charge in [-0.15, -0.1) is 10.2 Å². The van der Waals surface area contributed by atoms with Crippen LogP contribution in [-0.4, -0.2) is 43.2 Å². The Hall–Kier alpha value is -4.01. The van der Waals surface area contributed by atoms with E-state index in [0.717, 1.165) is 17.0 Å². The second-order valence-corrected chi connectivity index (χ2v) is 6.21. The molecule has 3 heterocycles. The first-order chi connectivity index (χ1) is 14.2. The van der Waals surface area contributed by atoms with Crippen molar-refractivity contribution in [3.05, 3.63) is 66.1 Å². The summed E-state index contributed by atoms with van der Waals surface area (Å²) in [5.74, 6) is 0.688. The van der Waals surface area contributed by atoms with Gasteiger partial charge in [0.1, 0.15) is 0 Å². The zero-order valence-corrected chi connectivity index (χ0v) is 16.0. The van der Waals surface area contributed by atoms with Gasteiger partial charge in [-0.2, -0.15) is 10.2 Å². The summed E-state index contributed by atoms with van der Waals surface area (Å²) >= 11 is 0. The Morgan fingerprint density at radius 3 is 2.79 bits per heavy atom. The number of benzene rings is 1. The fourth-order valence-corrected chi connectivity index (χ4v) is 3.02. The summed E-state index contributed by atoms with van der Waals surface area (Å²) < 4.78 is 6.65. The topological polar surface area (TPSA) is 111 Å². The first-order valence-corrected chi connectivity index (χ1v) is 9.05. The number of carbonyl (C=O) groups excluding carboxylic acids is 1. The third kappa shape index (κ3) is 3.70. The summed E-state index contributed by atoms with van der Waals surface area (Å²) in [7, 11) is 1.53. The second-order valence-electron chi connectivity index (χ2n) is 6.21. The van der Waals surface area contributed by atoms with E-state index >= 15 is 0 Å². The van der Waals surface area contributed by atoms with Crippen molar-refractivity contribution in [2.24, 2.45) is 0 Å². The van der Waals surface area contributed by atoms with Gasteiger partial charge in [0.2, 0.25) is 5.88 Å². The second kappa shape index (κ2) is 7.93. The number of rotatable bonds is 6. The fraction of sp³-hybridized carbons (Fsp3) is 0.150. The molecule has 0 aliphatic rings. The van der Waals surface area contributed by atoms with Crippen molar-refractivity contribution in [1.29, 1.82) is 0 Å². The van der Waals surface area contributed by atoms with Crippen molar-refractivity contribution < 1.29 is 9.53 Å². The quantitative estimate of drug-likeness (QED) is 0.525. The minimum Gasteiger partial charge on any atom is -0.480 e. The van der Waals surface area contributed by atoms with Gasteiger partial charge >= 0.3 is 0 Å². The predicted octanol–water partition coefficient (Wildman–Crippen LogP) is 2.88. The predicted molar refractivity (Wildman–Crippen MR) is 107 cm³/mol. The number of nitrogens with one attached hydrogen (secondary N) is 2. The molecule has 0 radical (unpaired) electrons. The van der Waals surface area contributed by atoms with E-state index in [2.05, 4.69) is 30.8 Å². The highest BCUT2D eigenvalue weighted by atomic mass is 16.5. The molecular formula is C20H19N7O2. The highest BCUT2D eigenvalue weighted by Crippen LogP contribution is 2.22. The lowest BCUT2D eigenvalue weighted by atomic mass is 10.1. The Kier molecular flexibility index (Phi) is 5.02. The Morgan fingerprint density at radius 1 is 1.21 bits per heavy atom. The van der Waals surface area contributed by atoms with E-state index in [4.69, 9.17) is 4.74 Å². The molecule has 0 bridgehead atoms. The van der Waals surface area contributed by atoms with Crippen molar-refractivity contribution in [3.8, 4) is 23.0 Å². The molecule has 0 fully saturated rings. The van der Waals surface area contributed by atoms with Crippen LogP contribution in [0.1, 0.15) is 23.0 Å². The van der Waals surface area contributed by atoms with Gasteiger partial charge in [0.15, 0.2) is 5.82 Å². The van der Waals surface area contributed by atoms with Crippen molar-refractivity contribution in [2.75, 3.05) is 12.4 Å². The molecule has 0 saturated heterocycles. The van der Waals surface area contributed by atoms with Crippen molar-refractivity contribution in [2.45, 2.75) is 13.3 Å². The summed E-state index contributed by atoms with van der Waals surface area (Å²) in [4.78, 5) is 12.9. The van der Waals surface area contributed by atoms with Gasteiger partial charge in [0.25, 0.3) is 5.91 Å². The van der Waals surface area contributed by atoms with E-state index in [1.54, 1.807) is 29.2 Å². The summed E-state index contributed by atoms with van der Waals surface area (Å²) in [6.07, 6.45) is 3.83. The van der Waals surface area contributed by atoms with Crippen LogP contribution in [0.5, 0.6) is 5.88 Å². The van der Waals surface area contributed by atoms with Gasteiger partial charge in [-0.1, -0.05) is 19.1 Å². The van der Waals surface area contributed by atoms with Crippen molar-refractivity contribution in [3.63, 3.8) is 0 Å². The van der Waals surface area contributed by atoms with Gasteiger partial charge in [0, 0.05) is 23.5 Å². The summed E-state index contributed by atoms with van der Waals surface area (Å²) in [6.45, 7) is 1.96. The Labute approximate surface area is 166 Å². The molecular weight excluding hydrogens is 370 g/mol. The largest absolute Gasteiger partial charge is 0.480 e. The number of aromatic nitrogens is 6. The van der Waals surface area contributed by atoms with Crippen LogP contribution >= 0.6 is 0 Å². The average molecular weight is 389 g/mol. The van der Waals surface area contributed by atoms with E-state index in [9.17, 15) is 4.79 Å². The fourth-order valence-electron chi connectivity index (χ4n) is 3.02. The molecule has 0 unspecified atom stereocenters. The van der Waals surface area contributed by atoms with Crippen LogP contribution in [0.15, 0.2) is 54.9 Å². The van der Waals surface area contributed by atoms with Crippen LogP contribution < -0.4 is 10.1 Å². The maximum absolute atomic E-state index is 12.9. The number of ether oxygens (including phenoxy) is 1. The van der Waals surface area contributed by atoms with Crippen LogP contribution in [0, 0.1) is 0 Å². The van der Waals surface area contributed by atoms with Gasteiger partial charge < -0.3 is 10.1 Å². The molecule has 9 nitrogen and oxygen atoms in total. The number of hydrogen-bond acceptors (Lipinski definition) is 6.